The van der Waals surface area contributed by atoms with E-state index in [0.717, 1.165) is 21.3 Å². The largest absolute Gasteiger partial charge is 0.495 e. The van der Waals surface area contributed by atoms with Crippen LogP contribution >= 0.6 is 23.1 Å². The van der Waals surface area contributed by atoms with E-state index >= 15 is 0 Å². The van der Waals surface area contributed by atoms with Gasteiger partial charge in [-0.05, 0) is 17.7 Å². The van der Waals surface area contributed by atoms with E-state index in [1.165, 1.54) is 23.1 Å². The topological polar surface area (TPSA) is 90.1 Å². The molecule has 0 aliphatic rings. The number of carbonyl (C=O) groups is 1. The Morgan fingerprint density at radius 2 is 1.90 bits per heavy atom. The number of para-hydroxylation sites is 2. The van der Waals surface area contributed by atoms with Gasteiger partial charge in [0, 0.05) is 10.9 Å². The summed E-state index contributed by atoms with van der Waals surface area (Å²) < 4.78 is 5.25. The Morgan fingerprint density at radius 3 is 2.69 bits per heavy atom. The first-order valence-corrected chi connectivity index (χ1v) is 10.7. The number of amides is 1. The number of benzene rings is 2. The SMILES string of the molecule is COc1ccccc1NC(=O)CSc1nc(N)c2c(-c3ccccc3)csc2n1. The molecule has 0 bridgehead atoms. The molecule has 0 radical (unpaired) electrons. The summed E-state index contributed by atoms with van der Waals surface area (Å²) in [7, 11) is 1.57. The lowest BCUT2D eigenvalue weighted by Crippen LogP contribution is -2.15. The number of anilines is 2. The third-order valence-corrected chi connectivity index (χ3v) is 5.96. The lowest BCUT2D eigenvalue weighted by Gasteiger charge is -2.09. The molecule has 29 heavy (non-hydrogen) atoms. The van der Waals surface area contributed by atoms with Crippen LogP contribution in [-0.4, -0.2) is 28.7 Å². The Hall–Kier alpha value is -3.10. The first-order valence-electron chi connectivity index (χ1n) is 8.81. The highest BCUT2D eigenvalue weighted by Gasteiger charge is 2.15. The molecular weight excluding hydrogens is 404 g/mol. The van der Waals surface area contributed by atoms with Crippen molar-refractivity contribution in [3.8, 4) is 16.9 Å². The number of ether oxygens (including phenoxy) is 1. The van der Waals surface area contributed by atoms with E-state index in [1.54, 1.807) is 19.2 Å². The van der Waals surface area contributed by atoms with E-state index < -0.39 is 0 Å². The van der Waals surface area contributed by atoms with Crippen molar-refractivity contribution in [2.45, 2.75) is 5.16 Å². The summed E-state index contributed by atoms with van der Waals surface area (Å²) in [5.41, 5.74) is 8.96. The fraction of sp³-hybridized carbons (Fsp3) is 0.0952. The van der Waals surface area contributed by atoms with Crippen molar-refractivity contribution in [2.75, 3.05) is 23.9 Å². The molecule has 146 valence electrons. The van der Waals surface area contributed by atoms with Crippen molar-refractivity contribution in [1.29, 1.82) is 0 Å². The van der Waals surface area contributed by atoms with Crippen LogP contribution in [0.5, 0.6) is 5.75 Å². The Bertz CT molecular complexity index is 1160. The highest BCUT2D eigenvalue weighted by molar-refractivity contribution is 7.99. The van der Waals surface area contributed by atoms with E-state index in [0.29, 0.717) is 22.4 Å². The Morgan fingerprint density at radius 1 is 1.14 bits per heavy atom. The fourth-order valence-corrected chi connectivity index (χ4v) is 4.57. The van der Waals surface area contributed by atoms with E-state index in [9.17, 15) is 4.79 Å². The van der Waals surface area contributed by atoms with Crippen molar-refractivity contribution < 1.29 is 9.53 Å². The molecule has 2 heterocycles. The molecule has 2 aromatic heterocycles. The molecule has 1 amide bonds. The minimum atomic E-state index is -0.169. The molecular formula is C21H18N4O2S2. The van der Waals surface area contributed by atoms with Gasteiger partial charge in [0.2, 0.25) is 5.91 Å². The lowest BCUT2D eigenvalue weighted by molar-refractivity contribution is -0.113. The van der Waals surface area contributed by atoms with Crippen LogP contribution in [0.2, 0.25) is 0 Å². The van der Waals surface area contributed by atoms with Crippen molar-refractivity contribution >= 4 is 50.7 Å². The second-order valence-corrected chi connectivity index (χ2v) is 7.92. The third-order valence-electron chi connectivity index (χ3n) is 4.24. The summed E-state index contributed by atoms with van der Waals surface area (Å²) in [5.74, 6) is 1.03. The number of nitrogens with zero attached hydrogens (tertiary/aromatic N) is 2. The standard InChI is InChI=1S/C21H18N4O2S2/c1-27-16-10-6-5-9-15(16)23-17(26)12-29-21-24-19(22)18-14(11-28-20(18)25-21)13-7-3-2-4-8-13/h2-11H,12H2,1H3,(H,23,26)(H2,22,24,25). The average molecular weight is 423 g/mol. The number of hydrogen-bond donors (Lipinski definition) is 2. The maximum absolute atomic E-state index is 12.3. The van der Waals surface area contributed by atoms with Crippen molar-refractivity contribution in [1.82, 2.24) is 9.97 Å². The van der Waals surface area contributed by atoms with Crippen molar-refractivity contribution in [2.24, 2.45) is 0 Å². The second-order valence-electron chi connectivity index (χ2n) is 6.12. The van der Waals surface area contributed by atoms with Crippen LogP contribution in [-0.2, 0) is 4.79 Å². The van der Waals surface area contributed by atoms with Crippen LogP contribution in [0, 0.1) is 0 Å². The smallest absolute Gasteiger partial charge is 0.234 e. The lowest BCUT2D eigenvalue weighted by atomic mass is 10.1. The van der Waals surface area contributed by atoms with Gasteiger partial charge in [-0.2, -0.15) is 0 Å². The molecule has 0 atom stereocenters. The summed E-state index contributed by atoms with van der Waals surface area (Å²) in [4.78, 5) is 22.1. The molecule has 0 unspecified atom stereocenters. The van der Waals surface area contributed by atoms with Gasteiger partial charge in [0.25, 0.3) is 0 Å². The Labute approximate surface area is 176 Å². The van der Waals surface area contributed by atoms with E-state index in [2.05, 4.69) is 15.3 Å². The molecule has 6 nitrogen and oxygen atoms in total. The van der Waals surface area contributed by atoms with E-state index in [4.69, 9.17) is 10.5 Å². The summed E-state index contributed by atoms with van der Waals surface area (Å²) in [6.07, 6.45) is 0. The fourth-order valence-electron chi connectivity index (χ4n) is 2.91. The first-order chi connectivity index (χ1) is 14.2. The molecule has 0 saturated heterocycles. The highest BCUT2D eigenvalue weighted by Crippen LogP contribution is 2.36. The maximum Gasteiger partial charge on any atom is 0.234 e. The van der Waals surface area contributed by atoms with Gasteiger partial charge in [0.15, 0.2) is 5.16 Å². The number of carbonyl (C=O) groups excluding carboxylic acids is 1. The molecule has 0 saturated carbocycles. The summed E-state index contributed by atoms with van der Waals surface area (Å²) in [6.45, 7) is 0. The summed E-state index contributed by atoms with van der Waals surface area (Å²) >= 11 is 2.76. The van der Waals surface area contributed by atoms with E-state index in [1.807, 2.05) is 47.8 Å². The number of nitrogens with two attached hydrogens (primary N) is 1. The van der Waals surface area contributed by atoms with Gasteiger partial charge in [0.05, 0.1) is 23.9 Å². The zero-order valence-corrected chi connectivity index (χ0v) is 17.2. The Balaban J connectivity index is 1.50. The number of aromatic nitrogens is 2. The zero-order chi connectivity index (χ0) is 20.2. The second kappa shape index (κ2) is 8.50. The number of thioether (sulfide) groups is 1. The normalized spacial score (nSPS) is 10.8. The molecule has 0 aliphatic carbocycles. The number of methoxy groups -OCH3 is 1. The maximum atomic E-state index is 12.3. The summed E-state index contributed by atoms with van der Waals surface area (Å²) in [6, 6.07) is 17.3. The van der Waals surface area contributed by atoms with Crippen LogP contribution < -0.4 is 15.8 Å². The molecule has 3 N–H and O–H groups in total. The molecule has 0 fully saturated rings. The molecule has 0 aliphatic heterocycles. The number of fused-ring (bicyclic) bond motifs is 1. The molecule has 0 spiro atoms. The van der Waals surface area contributed by atoms with Crippen LogP contribution in [0.1, 0.15) is 0 Å². The van der Waals surface area contributed by atoms with Gasteiger partial charge in [-0.25, -0.2) is 9.97 Å². The van der Waals surface area contributed by atoms with Crippen LogP contribution in [0.4, 0.5) is 11.5 Å². The van der Waals surface area contributed by atoms with Gasteiger partial charge in [-0.1, -0.05) is 54.2 Å². The van der Waals surface area contributed by atoms with Gasteiger partial charge < -0.3 is 15.8 Å². The Kier molecular flexibility index (Phi) is 5.64. The van der Waals surface area contributed by atoms with Crippen molar-refractivity contribution in [3.05, 3.63) is 60.0 Å². The molecule has 4 aromatic rings. The number of hydrogen-bond acceptors (Lipinski definition) is 7. The molecule has 4 rings (SSSR count). The quantitative estimate of drug-likeness (QED) is 0.346. The predicted octanol–water partition coefficient (Wildman–Crippen LogP) is 4.68. The van der Waals surface area contributed by atoms with Crippen molar-refractivity contribution in [3.63, 3.8) is 0 Å². The minimum Gasteiger partial charge on any atom is -0.495 e. The van der Waals surface area contributed by atoms with Gasteiger partial charge in [-0.3, -0.25) is 4.79 Å². The average Bonchev–Trinajstić information content (AvgIpc) is 3.18. The van der Waals surface area contributed by atoms with Crippen LogP contribution in [0.3, 0.4) is 0 Å². The highest BCUT2D eigenvalue weighted by atomic mass is 32.2. The summed E-state index contributed by atoms with van der Waals surface area (Å²) in [5, 5.41) is 6.21. The first kappa shape index (κ1) is 19.2. The van der Waals surface area contributed by atoms with Gasteiger partial charge in [-0.15, -0.1) is 11.3 Å². The number of nitrogen functional groups attached to an aromatic ring is 1. The van der Waals surface area contributed by atoms with Crippen LogP contribution in [0.15, 0.2) is 65.1 Å². The number of rotatable bonds is 6. The monoisotopic (exact) mass is 422 g/mol. The van der Waals surface area contributed by atoms with E-state index in [-0.39, 0.29) is 11.7 Å². The minimum absolute atomic E-state index is 0.167. The molecule has 2 aromatic carbocycles. The number of nitrogens with one attached hydrogen (secondary N) is 1. The van der Waals surface area contributed by atoms with Gasteiger partial charge in [0.1, 0.15) is 16.4 Å². The molecule has 8 heteroatoms. The third kappa shape index (κ3) is 4.18. The zero-order valence-electron chi connectivity index (χ0n) is 15.6. The number of thiophene rings is 1. The van der Waals surface area contributed by atoms with Gasteiger partial charge >= 0.3 is 0 Å². The van der Waals surface area contributed by atoms with Crippen LogP contribution in [0.25, 0.3) is 21.3 Å². The predicted molar refractivity (Wildman–Crippen MR) is 120 cm³/mol.